The zero-order valence-corrected chi connectivity index (χ0v) is 15.1. The maximum Gasteiger partial charge on any atom is 0.256 e. The van der Waals surface area contributed by atoms with Crippen LogP contribution in [0.1, 0.15) is 26.8 Å². The van der Waals surface area contributed by atoms with Crippen molar-refractivity contribution in [2.24, 2.45) is 0 Å². The average Bonchev–Trinajstić information content (AvgIpc) is 2.99. The van der Waals surface area contributed by atoms with E-state index in [1.54, 1.807) is 29.2 Å². The average molecular weight is 355 g/mol. The Bertz CT molecular complexity index is 843. The van der Waals surface area contributed by atoms with Crippen LogP contribution in [0.2, 0.25) is 0 Å². The van der Waals surface area contributed by atoms with Crippen molar-refractivity contribution in [3.8, 4) is 0 Å². The third kappa shape index (κ3) is 4.43. The quantitative estimate of drug-likeness (QED) is 0.674. The van der Waals surface area contributed by atoms with Gasteiger partial charge in [0.2, 0.25) is 0 Å². The van der Waals surface area contributed by atoms with E-state index in [0.29, 0.717) is 11.4 Å². The molecule has 0 unspecified atom stereocenters. The number of thioether (sulfide) groups is 1. The minimum atomic E-state index is -0.153. The van der Waals surface area contributed by atoms with Crippen molar-refractivity contribution in [3.63, 3.8) is 0 Å². The number of hydrogen-bond donors (Lipinski definition) is 1. The van der Waals surface area contributed by atoms with Crippen molar-refractivity contribution in [2.45, 2.75) is 24.5 Å². The molecular formula is C18H17N3OS2. The van der Waals surface area contributed by atoms with E-state index in [4.69, 9.17) is 0 Å². The molecule has 6 heteroatoms. The molecule has 0 spiro atoms. The lowest BCUT2D eigenvalue weighted by Gasteiger charge is -2.06. The highest BCUT2D eigenvalue weighted by Gasteiger charge is 2.07. The molecule has 1 amide bonds. The first kappa shape index (κ1) is 16.7. The molecule has 1 N–H and O–H groups in total. The molecule has 24 heavy (non-hydrogen) atoms. The van der Waals surface area contributed by atoms with Crippen LogP contribution in [0.5, 0.6) is 0 Å². The molecule has 0 bridgehead atoms. The second-order valence-corrected chi connectivity index (χ2v) is 7.40. The first-order valence-electron chi connectivity index (χ1n) is 7.49. The number of anilines is 1. The highest BCUT2D eigenvalue weighted by molar-refractivity contribution is 7.98. The molecule has 3 aromatic rings. The van der Waals surface area contributed by atoms with Gasteiger partial charge in [-0.25, -0.2) is 9.97 Å². The van der Waals surface area contributed by atoms with E-state index in [1.165, 1.54) is 0 Å². The van der Waals surface area contributed by atoms with Gasteiger partial charge in [-0.05, 0) is 50.2 Å². The summed E-state index contributed by atoms with van der Waals surface area (Å²) in [5.41, 5.74) is 2.58. The zero-order chi connectivity index (χ0) is 16.9. The smallest absolute Gasteiger partial charge is 0.256 e. The van der Waals surface area contributed by atoms with Crippen molar-refractivity contribution in [3.05, 3.63) is 69.8 Å². The number of rotatable bonds is 5. The second kappa shape index (κ2) is 7.59. The summed E-state index contributed by atoms with van der Waals surface area (Å²) in [5.74, 6) is 1.25. The molecule has 3 rings (SSSR count). The number of aromatic nitrogens is 2. The number of carbonyl (C=O) groups is 1. The SMILES string of the molecule is Cc1cccc(NC(=O)c2ccc(SCc3csc(C)n3)cc2)n1. The Morgan fingerprint density at radius 2 is 1.92 bits per heavy atom. The molecule has 0 saturated heterocycles. The molecule has 122 valence electrons. The molecular weight excluding hydrogens is 338 g/mol. The first-order chi connectivity index (χ1) is 11.6. The Labute approximate surface area is 149 Å². The van der Waals surface area contributed by atoms with E-state index < -0.39 is 0 Å². The van der Waals surface area contributed by atoms with Crippen LogP contribution in [0.15, 0.2) is 52.7 Å². The standard InChI is InChI=1S/C18H17N3OS2/c1-12-4-3-5-17(19-12)21-18(22)14-6-8-16(9-7-14)24-11-15-10-23-13(2)20-15/h3-10H,11H2,1-2H3,(H,19,21,22). The van der Waals surface area contributed by atoms with Gasteiger partial charge in [0.05, 0.1) is 10.7 Å². The van der Waals surface area contributed by atoms with Crippen LogP contribution < -0.4 is 5.32 Å². The van der Waals surface area contributed by atoms with E-state index in [-0.39, 0.29) is 5.91 Å². The third-order valence-electron chi connectivity index (χ3n) is 3.30. The topological polar surface area (TPSA) is 54.9 Å². The minimum absolute atomic E-state index is 0.153. The zero-order valence-electron chi connectivity index (χ0n) is 13.4. The molecule has 0 saturated carbocycles. The van der Waals surface area contributed by atoms with Gasteiger partial charge in [-0.1, -0.05) is 6.07 Å². The van der Waals surface area contributed by atoms with Crippen molar-refractivity contribution in [1.29, 1.82) is 0 Å². The maximum atomic E-state index is 12.3. The van der Waals surface area contributed by atoms with Gasteiger partial charge in [-0.15, -0.1) is 23.1 Å². The van der Waals surface area contributed by atoms with E-state index >= 15 is 0 Å². The number of amides is 1. The van der Waals surface area contributed by atoms with Crippen molar-refractivity contribution in [2.75, 3.05) is 5.32 Å². The number of aryl methyl sites for hydroxylation is 2. The van der Waals surface area contributed by atoms with Gasteiger partial charge in [0.1, 0.15) is 5.82 Å². The lowest BCUT2D eigenvalue weighted by Crippen LogP contribution is -2.12. The van der Waals surface area contributed by atoms with E-state index in [1.807, 2.05) is 50.2 Å². The maximum absolute atomic E-state index is 12.3. The summed E-state index contributed by atoms with van der Waals surface area (Å²) in [7, 11) is 0. The normalized spacial score (nSPS) is 10.6. The summed E-state index contributed by atoms with van der Waals surface area (Å²) in [5, 5.41) is 5.98. The molecule has 0 aliphatic heterocycles. The number of thiazole rings is 1. The van der Waals surface area contributed by atoms with E-state index in [9.17, 15) is 4.79 Å². The number of carbonyl (C=O) groups excluding carboxylic acids is 1. The van der Waals surface area contributed by atoms with Crippen LogP contribution in [0.4, 0.5) is 5.82 Å². The summed E-state index contributed by atoms with van der Waals surface area (Å²) < 4.78 is 0. The summed E-state index contributed by atoms with van der Waals surface area (Å²) in [6.07, 6.45) is 0. The number of hydrogen-bond acceptors (Lipinski definition) is 5. The summed E-state index contributed by atoms with van der Waals surface area (Å²) >= 11 is 3.38. The summed E-state index contributed by atoms with van der Waals surface area (Å²) in [6.45, 7) is 3.90. The summed E-state index contributed by atoms with van der Waals surface area (Å²) in [6, 6.07) is 13.1. The fourth-order valence-corrected chi connectivity index (χ4v) is 3.64. The van der Waals surface area contributed by atoms with Gasteiger partial charge in [-0.3, -0.25) is 4.79 Å². The highest BCUT2D eigenvalue weighted by Crippen LogP contribution is 2.24. The van der Waals surface area contributed by atoms with E-state index in [2.05, 4.69) is 20.7 Å². The fourth-order valence-electron chi connectivity index (χ4n) is 2.14. The molecule has 2 aromatic heterocycles. The lowest BCUT2D eigenvalue weighted by molar-refractivity contribution is 0.102. The molecule has 0 fully saturated rings. The third-order valence-corrected chi connectivity index (χ3v) is 5.17. The van der Waals surface area contributed by atoms with Crippen LogP contribution in [-0.2, 0) is 5.75 Å². The van der Waals surface area contributed by atoms with Crippen LogP contribution in [0.3, 0.4) is 0 Å². The molecule has 1 aromatic carbocycles. The Hall–Kier alpha value is -2.18. The van der Waals surface area contributed by atoms with Gasteiger partial charge < -0.3 is 5.32 Å². The van der Waals surface area contributed by atoms with Gasteiger partial charge in [-0.2, -0.15) is 0 Å². The van der Waals surface area contributed by atoms with Crippen LogP contribution in [-0.4, -0.2) is 15.9 Å². The Morgan fingerprint density at radius 1 is 1.12 bits per heavy atom. The van der Waals surface area contributed by atoms with Gasteiger partial charge in [0.25, 0.3) is 5.91 Å². The Kier molecular flexibility index (Phi) is 5.27. The Balaban J connectivity index is 1.60. The Morgan fingerprint density at radius 3 is 2.58 bits per heavy atom. The lowest BCUT2D eigenvalue weighted by atomic mass is 10.2. The molecule has 2 heterocycles. The number of benzene rings is 1. The molecule has 4 nitrogen and oxygen atoms in total. The minimum Gasteiger partial charge on any atom is -0.307 e. The van der Waals surface area contributed by atoms with Crippen molar-refractivity contribution >= 4 is 34.8 Å². The second-order valence-electron chi connectivity index (χ2n) is 5.29. The molecule has 0 aliphatic carbocycles. The molecule has 0 atom stereocenters. The predicted molar refractivity (Wildman–Crippen MR) is 99.8 cm³/mol. The van der Waals surface area contributed by atoms with Crippen molar-refractivity contribution < 1.29 is 4.79 Å². The van der Waals surface area contributed by atoms with Crippen LogP contribution >= 0.6 is 23.1 Å². The van der Waals surface area contributed by atoms with Gasteiger partial charge >= 0.3 is 0 Å². The van der Waals surface area contributed by atoms with E-state index in [0.717, 1.165) is 27.0 Å². The fraction of sp³-hybridized carbons (Fsp3) is 0.167. The van der Waals surface area contributed by atoms with Gasteiger partial charge in [0, 0.05) is 27.3 Å². The van der Waals surface area contributed by atoms with Crippen LogP contribution in [0.25, 0.3) is 0 Å². The highest BCUT2D eigenvalue weighted by atomic mass is 32.2. The van der Waals surface area contributed by atoms with Crippen molar-refractivity contribution in [1.82, 2.24) is 9.97 Å². The van der Waals surface area contributed by atoms with Gasteiger partial charge in [0.15, 0.2) is 0 Å². The monoisotopic (exact) mass is 355 g/mol. The number of pyridine rings is 1. The predicted octanol–water partition coefficient (Wildman–Crippen LogP) is 4.70. The molecule has 0 aliphatic rings. The summed E-state index contributed by atoms with van der Waals surface area (Å²) in [4.78, 5) is 22.1. The number of nitrogens with one attached hydrogen (secondary N) is 1. The molecule has 0 radical (unpaired) electrons. The number of nitrogens with zero attached hydrogens (tertiary/aromatic N) is 2. The first-order valence-corrected chi connectivity index (χ1v) is 9.35. The van der Waals surface area contributed by atoms with Crippen LogP contribution in [0, 0.1) is 13.8 Å². The largest absolute Gasteiger partial charge is 0.307 e.